The van der Waals surface area contributed by atoms with Gasteiger partial charge in [-0.25, -0.2) is 29.9 Å². The minimum Gasteiger partial charge on any atom is -0.491 e. The van der Waals surface area contributed by atoms with Gasteiger partial charge in [0.05, 0.1) is 45.5 Å². The van der Waals surface area contributed by atoms with Crippen molar-refractivity contribution in [2.45, 2.75) is 138 Å². The highest BCUT2D eigenvalue weighted by Crippen LogP contribution is 2.40. The van der Waals surface area contributed by atoms with Crippen molar-refractivity contribution in [1.82, 2.24) is 39.0 Å². The molecule has 93 heavy (non-hydrogen) atoms. The Hall–Kier alpha value is -9.13. The van der Waals surface area contributed by atoms with Crippen molar-refractivity contribution in [3.8, 4) is 11.5 Å². The lowest BCUT2D eigenvalue weighted by molar-refractivity contribution is -0.172. The predicted molar refractivity (Wildman–Crippen MR) is 324 cm³/mol. The van der Waals surface area contributed by atoms with Gasteiger partial charge in [-0.05, 0) is 48.5 Å². The number of aliphatic hydroxyl groups excluding tert-OH is 2. The van der Waals surface area contributed by atoms with Gasteiger partial charge in [0.2, 0.25) is 5.91 Å². The van der Waals surface area contributed by atoms with Crippen LogP contribution in [0.4, 0.5) is 38.0 Å². The van der Waals surface area contributed by atoms with Crippen LogP contribution in [0, 0.1) is 29.6 Å². The second-order valence-corrected chi connectivity index (χ2v) is 23.0. The van der Waals surface area contributed by atoms with E-state index in [-0.39, 0.29) is 78.5 Å². The molecule has 0 saturated carbocycles. The molecular weight excluding hydrogens is 1230 g/mol. The fourth-order valence-corrected chi connectivity index (χ4v) is 9.08. The number of carbonyl (C=O) groups excluding carboxylic acids is 5. The first-order valence-electron chi connectivity index (χ1n) is 29.1. The van der Waals surface area contributed by atoms with Crippen LogP contribution in [-0.4, -0.2) is 129 Å². The molecule has 2 aromatic carbocycles. The Bertz CT molecular complexity index is 3950. The smallest absolute Gasteiger partial charge is 0.433 e. The van der Waals surface area contributed by atoms with Gasteiger partial charge in [0.1, 0.15) is 96.1 Å². The second-order valence-electron chi connectivity index (χ2n) is 23.0. The quantitative estimate of drug-likeness (QED) is 0.0302. The lowest BCUT2D eigenvalue weighted by Crippen LogP contribution is -2.42. The number of rotatable bonds is 16. The van der Waals surface area contributed by atoms with Crippen LogP contribution in [0.2, 0.25) is 0 Å². The first-order chi connectivity index (χ1) is 43.3. The Labute approximate surface area is 529 Å². The van der Waals surface area contributed by atoms with E-state index in [1.165, 1.54) is 36.9 Å². The number of hydrogen-bond donors (Lipinski definition) is 4. The summed E-state index contributed by atoms with van der Waals surface area (Å²) < 4.78 is 122. The number of aromatic nitrogens is 8. The van der Waals surface area contributed by atoms with Crippen LogP contribution in [0.3, 0.4) is 0 Å². The van der Waals surface area contributed by atoms with E-state index in [1.807, 2.05) is 0 Å². The number of fused-ring (bicyclic) bond motifs is 4. The summed E-state index contributed by atoms with van der Waals surface area (Å²) in [7, 11) is 0. The molecule has 2 aliphatic rings. The minimum atomic E-state index is -4.62. The molecule has 24 nitrogen and oxygen atoms in total. The fourth-order valence-electron chi connectivity index (χ4n) is 9.08. The molecule has 2 fully saturated rings. The van der Waals surface area contributed by atoms with Crippen LogP contribution >= 0.6 is 0 Å². The molecule has 30 heteroatoms. The fraction of sp³-hybridized carbons (Fsp3) is 0.444. The predicted octanol–water partition coefficient (Wildman–Crippen LogP) is 9.99. The van der Waals surface area contributed by atoms with E-state index in [4.69, 9.17) is 34.2 Å². The minimum absolute atomic E-state index is 0. The van der Waals surface area contributed by atoms with Gasteiger partial charge in [-0.3, -0.25) is 24.0 Å². The molecule has 10 rings (SSSR count). The van der Waals surface area contributed by atoms with Crippen molar-refractivity contribution in [1.29, 1.82) is 0 Å². The zero-order chi connectivity index (χ0) is 67.3. The number of benzene rings is 2. The molecule has 2 saturated heterocycles. The number of carbonyl (C=O) groups is 5. The Balaban J connectivity index is 0.000000234. The number of alkyl halides is 6. The summed E-state index contributed by atoms with van der Waals surface area (Å²) in [6, 6.07) is 16.8. The second kappa shape index (κ2) is 29.7. The third-order valence-corrected chi connectivity index (χ3v) is 14.3. The number of esters is 4. The number of hydrogen-bond acceptors (Lipinski definition) is 21. The van der Waals surface area contributed by atoms with E-state index in [0.717, 1.165) is 12.1 Å². The lowest BCUT2D eigenvalue weighted by Gasteiger charge is -2.26. The van der Waals surface area contributed by atoms with Gasteiger partial charge in [-0.15, -0.1) is 0 Å². The average molecular weight is 1310 g/mol. The normalized spacial score (nSPS) is 19.7. The monoisotopic (exact) mass is 1310 g/mol. The highest BCUT2D eigenvalue weighted by molar-refractivity contribution is 5.99. The summed E-state index contributed by atoms with van der Waals surface area (Å²) in [4.78, 5) is 84.0. The van der Waals surface area contributed by atoms with E-state index in [2.05, 4.69) is 40.0 Å². The summed E-state index contributed by atoms with van der Waals surface area (Å²) >= 11 is 0. The number of nitrogens with zero attached hydrogens (tertiary/aromatic N) is 8. The highest BCUT2D eigenvalue weighted by atomic mass is 19.4. The van der Waals surface area contributed by atoms with E-state index in [1.54, 1.807) is 127 Å². The van der Waals surface area contributed by atoms with E-state index in [9.17, 15) is 60.5 Å². The molecular formula is C63H72F6N10O14. The molecule has 0 aliphatic carbocycles. The van der Waals surface area contributed by atoms with Crippen molar-refractivity contribution in [3.63, 3.8) is 0 Å². The van der Waals surface area contributed by atoms with Crippen molar-refractivity contribution >= 4 is 85.3 Å². The van der Waals surface area contributed by atoms with Crippen LogP contribution in [0.1, 0.15) is 101 Å². The van der Waals surface area contributed by atoms with E-state index in [0.29, 0.717) is 32.8 Å². The van der Waals surface area contributed by atoms with Crippen molar-refractivity contribution in [2.75, 3.05) is 24.3 Å². The van der Waals surface area contributed by atoms with Gasteiger partial charge in [0.25, 0.3) is 0 Å². The molecule has 5 N–H and O–H groups in total. The average Bonchev–Trinajstić information content (AvgIpc) is 1.64. The number of nitrogens with one attached hydrogen (secondary N) is 1. The standard InChI is InChI=1S/C33H36F3N5O7.C21H18F3N5O4.C8H14O3.CH4/c1-16(2)29(42)40-27-21-11-12-41(28(21)38-15-37-27)30-26(48-32(44)18(5)6)25(47-31(43)17(3)4)23(46-30)14-45-20-9-7-19-8-10-24(33(34,35)36)39-22(19)13-20;22-21(23,24)15-4-2-10-1-3-11(7-13(10)28-15)32-8-14-16(30)17(31)20(33-14)29-6-5-12-18(25)26-9-27-19(12)29;1-5(2)7(9)11-8(10)6(3)4;/h7-13,15-18,23,25-26,30H,14H2,1-6H3,(H,37,38,40,42);1-7,9,14,16-17,20,30-31H,8H2,(H2,25,26,27);5-6H,1-4H3;1H4/t23-,25-,26-,30-;14-,16-,17-,20-;;/m11../s1. The van der Waals surface area contributed by atoms with Crippen LogP contribution in [0.25, 0.3) is 43.9 Å². The molecule has 0 radical (unpaired) electrons. The summed E-state index contributed by atoms with van der Waals surface area (Å²) in [5.41, 5.74) is 4.75. The van der Waals surface area contributed by atoms with Gasteiger partial charge in [0.15, 0.2) is 24.7 Å². The van der Waals surface area contributed by atoms with Gasteiger partial charge in [-0.1, -0.05) is 88.8 Å². The molecule has 500 valence electrons. The number of halogens is 6. The molecule has 0 unspecified atom stereocenters. The van der Waals surface area contributed by atoms with Gasteiger partial charge in [0, 0.05) is 41.2 Å². The Kier molecular flexibility index (Phi) is 22.7. The summed E-state index contributed by atoms with van der Waals surface area (Å²) in [5.74, 6) is -3.18. The van der Waals surface area contributed by atoms with Gasteiger partial charge in [-0.2, -0.15) is 26.3 Å². The topological polar surface area (TPSA) is 316 Å². The maximum Gasteiger partial charge on any atom is 0.433 e. The first-order valence-corrected chi connectivity index (χ1v) is 29.1. The van der Waals surface area contributed by atoms with Crippen LogP contribution in [0.5, 0.6) is 11.5 Å². The number of aliphatic hydroxyl groups is 2. The lowest BCUT2D eigenvalue weighted by atomic mass is 10.1. The van der Waals surface area contributed by atoms with E-state index >= 15 is 0 Å². The SMILES string of the molecule is C.CC(C)C(=O)Nc1ncnc2c1ccn2[C@@H]1O[C@H](COc2ccc3ccc(C(F)(F)F)nc3c2)[C@@H](OC(=O)C(C)C)[C@H]1OC(=O)C(C)C.CC(C)C(=O)OC(=O)C(C)C.Nc1ncnc2c1ccn2[C@@H]1O[C@H](COc2ccc3ccc(C(F)(F)F)nc3c2)[C@@H](O)[C@H]1O. The molecule has 8 atom stereocenters. The van der Waals surface area contributed by atoms with Gasteiger partial charge < -0.3 is 63.6 Å². The highest BCUT2D eigenvalue weighted by Gasteiger charge is 2.52. The number of nitrogens with two attached hydrogens (primary N) is 1. The molecule has 6 aromatic heterocycles. The third-order valence-electron chi connectivity index (χ3n) is 14.3. The summed E-state index contributed by atoms with van der Waals surface area (Å²) in [6.45, 7) is 16.5. The third kappa shape index (κ3) is 16.9. The molecule has 1 amide bonds. The van der Waals surface area contributed by atoms with Crippen molar-refractivity contribution in [2.24, 2.45) is 29.6 Å². The maximum absolute atomic E-state index is 13.3. The molecule has 0 bridgehead atoms. The Morgan fingerprint density at radius 1 is 0.559 bits per heavy atom. The Morgan fingerprint density at radius 2 is 1.00 bits per heavy atom. The number of nitrogen functional groups attached to an aromatic ring is 1. The largest absolute Gasteiger partial charge is 0.491 e. The van der Waals surface area contributed by atoms with Crippen LogP contribution in [-0.2, 0) is 60.0 Å². The Morgan fingerprint density at radius 3 is 1.49 bits per heavy atom. The molecule has 0 spiro atoms. The first kappa shape index (κ1) is 71.3. The zero-order valence-electron chi connectivity index (χ0n) is 51.4. The molecule has 8 aromatic rings. The zero-order valence-corrected chi connectivity index (χ0v) is 51.4. The number of ether oxygens (including phenoxy) is 7. The van der Waals surface area contributed by atoms with Crippen LogP contribution < -0.4 is 20.5 Å². The van der Waals surface area contributed by atoms with E-state index < -0.39 is 109 Å². The number of anilines is 2. The number of pyridine rings is 2. The van der Waals surface area contributed by atoms with Crippen molar-refractivity contribution < 1.29 is 93.7 Å². The van der Waals surface area contributed by atoms with Crippen molar-refractivity contribution in [3.05, 3.63) is 109 Å². The summed E-state index contributed by atoms with van der Waals surface area (Å²) in [5, 5.41) is 25.8. The number of amides is 1. The molecule has 2 aliphatic heterocycles. The summed E-state index contributed by atoms with van der Waals surface area (Å²) in [6.07, 6.45) is -12.2. The maximum atomic E-state index is 13.3. The molecule has 8 heterocycles. The van der Waals surface area contributed by atoms with Crippen LogP contribution in [0.15, 0.2) is 97.8 Å². The van der Waals surface area contributed by atoms with Gasteiger partial charge >= 0.3 is 36.2 Å².